The van der Waals surface area contributed by atoms with Crippen LogP contribution in [-0.2, 0) is 0 Å². The maximum absolute atomic E-state index is 13.0. The molecule has 1 atom stereocenters. The molecule has 4 aromatic rings. The van der Waals surface area contributed by atoms with Gasteiger partial charge >= 0.3 is 0 Å². The van der Waals surface area contributed by atoms with Crippen molar-refractivity contribution in [1.82, 2.24) is 10.3 Å². The Bertz CT molecular complexity index is 1260. The van der Waals surface area contributed by atoms with Crippen molar-refractivity contribution in [2.75, 3.05) is 6.54 Å². The Morgan fingerprint density at radius 2 is 1.90 bits per heavy atom. The summed E-state index contributed by atoms with van der Waals surface area (Å²) in [5, 5.41) is 24.6. The number of nitro groups is 1. The summed E-state index contributed by atoms with van der Waals surface area (Å²) >= 11 is 0. The highest BCUT2D eigenvalue weighted by molar-refractivity contribution is 6.07. The van der Waals surface area contributed by atoms with Gasteiger partial charge in [0.15, 0.2) is 5.76 Å². The van der Waals surface area contributed by atoms with E-state index in [4.69, 9.17) is 4.42 Å². The van der Waals surface area contributed by atoms with Gasteiger partial charge < -0.3 is 14.8 Å². The van der Waals surface area contributed by atoms with E-state index in [-0.39, 0.29) is 18.1 Å². The summed E-state index contributed by atoms with van der Waals surface area (Å²) in [6.45, 7) is 1.78. The van der Waals surface area contributed by atoms with E-state index in [1.807, 2.05) is 31.2 Å². The third-order valence-corrected chi connectivity index (χ3v) is 4.90. The monoisotopic (exact) mass is 417 g/mol. The van der Waals surface area contributed by atoms with E-state index in [1.54, 1.807) is 18.2 Å². The molecule has 1 unspecified atom stereocenters. The lowest BCUT2D eigenvalue weighted by Gasteiger charge is -2.13. The van der Waals surface area contributed by atoms with Crippen LogP contribution in [0.15, 0.2) is 71.1 Å². The smallest absolute Gasteiger partial charge is 0.269 e. The van der Waals surface area contributed by atoms with E-state index in [1.165, 1.54) is 24.3 Å². The molecule has 156 valence electrons. The third kappa shape index (κ3) is 4.29. The Hall–Kier alpha value is -4.04. The molecule has 0 fully saturated rings. The minimum absolute atomic E-state index is 0.0531. The molecule has 0 radical (unpaired) electrons. The van der Waals surface area contributed by atoms with E-state index < -0.39 is 11.0 Å². The molecular weight excluding hydrogens is 398 g/mol. The van der Waals surface area contributed by atoms with Crippen LogP contribution in [-0.4, -0.2) is 27.5 Å². The van der Waals surface area contributed by atoms with E-state index in [2.05, 4.69) is 10.3 Å². The standard InChI is InChI=1S/C23H19N3O5/c1-14-6-11-22(31-14)20-12-18(17-4-2-3-5-19(17)25-20)23(28)24-13-21(27)15-7-9-16(10-8-15)26(29)30/h2-12,21,27H,13H2,1H3,(H,24,28). The summed E-state index contributed by atoms with van der Waals surface area (Å²) in [5.74, 6) is 0.925. The van der Waals surface area contributed by atoms with Crippen LogP contribution < -0.4 is 5.32 Å². The number of benzene rings is 2. The molecule has 4 rings (SSSR count). The molecule has 0 aliphatic carbocycles. The number of rotatable bonds is 6. The largest absolute Gasteiger partial charge is 0.460 e. The van der Waals surface area contributed by atoms with E-state index >= 15 is 0 Å². The van der Waals surface area contributed by atoms with E-state index in [0.29, 0.717) is 33.5 Å². The van der Waals surface area contributed by atoms with Crippen molar-refractivity contribution in [3.8, 4) is 11.5 Å². The van der Waals surface area contributed by atoms with Gasteiger partial charge in [0.2, 0.25) is 0 Å². The highest BCUT2D eigenvalue weighted by atomic mass is 16.6. The number of aliphatic hydroxyl groups excluding tert-OH is 1. The van der Waals surface area contributed by atoms with Crippen LogP contribution in [0.5, 0.6) is 0 Å². The van der Waals surface area contributed by atoms with Crippen LogP contribution in [0.4, 0.5) is 5.69 Å². The number of non-ortho nitro benzene ring substituents is 1. The number of nitro benzene ring substituents is 1. The highest BCUT2D eigenvalue weighted by Gasteiger charge is 2.17. The SMILES string of the molecule is Cc1ccc(-c2cc(C(=O)NCC(O)c3ccc([N+](=O)[O-])cc3)c3ccccc3n2)o1. The molecule has 2 aromatic carbocycles. The summed E-state index contributed by atoms with van der Waals surface area (Å²) in [4.78, 5) is 27.8. The number of aryl methyl sites for hydroxylation is 1. The zero-order valence-electron chi connectivity index (χ0n) is 16.6. The Labute approximate surface area is 177 Å². The maximum Gasteiger partial charge on any atom is 0.269 e. The molecule has 2 aromatic heterocycles. The number of aliphatic hydroxyl groups is 1. The van der Waals surface area contributed by atoms with Gasteiger partial charge in [-0.3, -0.25) is 14.9 Å². The minimum Gasteiger partial charge on any atom is -0.460 e. The molecule has 1 amide bonds. The quantitative estimate of drug-likeness (QED) is 0.359. The van der Waals surface area contributed by atoms with Gasteiger partial charge in [-0.05, 0) is 48.9 Å². The topological polar surface area (TPSA) is 118 Å². The van der Waals surface area contributed by atoms with Crippen LogP contribution in [0, 0.1) is 17.0 Å². The normalized spacial score (nSPS) is 11.9. The van der Waals surface area contributed by atoms with Crippen LogP contribution in [0.1, 0.15) is 27.8 Å². The van der Waals surface area contributed by atoms with Crippen LogP contribution in [0.25, 0.3) is 22.4 Å². The number of amides is 1. The molecule has 0 aliphatic heterocycles. The number of aromatic nitrogens is 1. The number of fused-ring (bicyclic) bond motifs is 1. The second-order valence-electron chi connectivity index (χ2n) is 7.06. The van der Waals surface area contributed by atoms with Crippen LogP contribution >= 0.6 is 0 Å². The van der Waals surface area contributed by atoms with Gasteiger partial charge in [0.1, 0.15) is 11.5 Å². The third-order valence-electron chi connectivity index (χ3n) is 4.90. The average molecular weight is 417 g/mol. The lowest BCUT2D eigenvalue weighted by Crippen LogP contribution is -2.28. The predicted molar refractivity (Wildman–Crippen MR) is 115 cm³/mol. The number of hydrogen-bond donors (Lipinski definition) is 2. The van der Waals surface area contributed by atoms with E-state index in [9.17, 15) is 20.0 Å². The molecule has 8 nitrogen and oxygen atoms in total. The molecule has 0 aliphatic rings. The van der Waals surface area contributed by atoms with Crippen molar-refractivity contribution in [1.29, 1.82) is 0 Å². The molecule has 8 heteroatoms. The fraction of sp³-hybridized carbons (Fsp3) is 0.130. The molecular formula is C23H19N3O5. The highest BCUT2D eigenvalue weighted by Crippen LogP contribution is 2.26. The summed E-state index contributed by atoms with van der Waals surface area (Å²) in [6, 6.07) is 18.1. The first-order chi connectivity index (χ1) is 14.9. The lowest BCUT2D eigenvalue weighted by molar-refractivity contribution is -0.384. The number of nitrogens with zero attached hydrogens (tertiary/aromatic N) is 2. The van der Waals surface area contributed by atoms with Gasteiger partial charge in [0.25, 0.3) is 11.6 Å². The minimum atomic E-state index is -1.01. The van der Waals surface area contributed by atoms with Crippen LogP contribution in [0.3, 0.4) is 0 Å². The number of carbonyl (C=O) groups excluding carboxylic acids is 1. The Kier molecular flexibility index (Phi) is 5.46. The summed E-state index contributed by atoms with van der Waals surface area (Å²) < 4.78 is 5.65. The summed E-state index contributed by atoms with van der Waals surface area (Å²) in [6.07, 6.45) is -1.01. The van der Waals surface area contributed by atoms with Crippen molar-refractivity contribution in [3.05, 3.63) is 93.7 Å². The van der Waals surface area contributed by atoms with Gasteiger partial charge in [-0.1, -0.05) is 18.2 Å². The second-order valence-corrected chi connectivity index (χ2v) is 7.06. The van der Waals surface area contributed by atoms with Gasteiger partial charge in [-0.2, -0.15) is 0 Å². The first-order valence-corrected chi connectivity index (χ1v) is 9.59. The fourth-order valence-electron chi connectivity index (χ4n) is 3.28. The Morgan fingerprint density at radius 3 is 2.58 bits per heavy atom. The second kappa shape index (κ2) is 8.37. The zero-order valence-corrected chi connectivity index (χ0v) is 16.6. The number of nitrogens with one attached hydrogen (secondary N) is 1. The summed E-state index contributed by atoms with van der Waals surface area (Å²) in [5.41, 5.74) is 2.00. The van der Waals surface area contributed by atoms with Crippen molar-refractivity contribution in [2.24, 2.45) is 0 Å². The van der Waals surface area contributed by atoms with E-state index in [0.717, 1.165) is 5.76 Å². The van der Waals surface area contributed by atoms with Crippen molar-refractivity contribution < 1.29 is 19.2 Å². The fourth-order valence-corrected chi connectivity index (χ4v) is 3.28. The number of hydrogen-bond acceptors (Lipinski definition) is 6. The first-order valence-electron chi connectivity index (χ1n) is 9.59. The van der Waals surface area contributed by atoms with Gasteiger partial charge in [0.05, 0.1) is 22.1 Å². The average Bonchev–Trinajstić information content (AvgIpc) is 3.22. The number of pyridine rings is 1. The molecule has 2 N–H and O–H groups in total. The summed E-state index contributed by atoms with van der Waals surface area (Å²) in [7, 11) is 0. The number of furan rings is 1. The molecule has 0 saturated heterocycles. The van der Waals surface area contributed by atoms with Gasteiger partial charge in [0, 0.05) is 24.1 Å². The molecule has 31 heavy (non-hydrogen) atoms. The van der Waals surface area contributed by atoms with Crippen LogP contribution in [0.2, 0.25) is 0 Å². The zero-order chi connectivity index (χ0) is 22.0. The van der Waals surface area contributed by atoms with Crippen molar-refractivity contribution >= 4 is 22.5 Å². The number of para-hydroxylation sites is 1. The molecule has 0 saturated carbocycles. The first kappa shape index (κ1) is 20.2. The van der Waals surface area contributed by atoms with Gasteiger partial charge in [-0.15, -0.1) is 0 Å². The lowest BCUT2D eigenvalue weighted by atomic mass is 10.1. The Balaban J connectivity index is 1.57. The Morgan fingerprint density at radius 1 is 1.16 bits per heavy atom. The predicted octanol–water partition coefficient (Wildman–Crippen LogP) is 4.17. The maximum atomic E-state index is 13.0. The van der Waals surface area contributed by atoms with Crippen molar-refractivity contribution in [3.63, 3.8) is 0 Å². The molecule has 2 heterocycles. The number of carbonyl (C=O) groups is 1. The van der Waals surface area contributed by atoms with Gasteiger partial charge in [-0.25, -0.2) is 4.98 Å². The molecule has 0 spiro atoms. The van der Waals surface area contributed by atoms with Crippen molar-refractivity contribution in [2.45, 2.75) is 13.0 Å². The molecule has 0 bridgehead atoms.